The lowest BCUT2D eigenvalue weighted by molar-refractivity contribution is 0.0962. The summed E-state index contributed by atoms with van der Waals surface area (Å²) in [4.78, 5) is 15.0. The number of hydrogen-bond donors (Lipinski definition) is 1. The molecule has 1 aromatic heterocycles. The fourth-order valence-electron chi connectivity index (χ4n) is 0.863. The second kappa shape index (κ2) is 3.14. The van der Waals surface area contributed by atoms with Crippen molar-refractivity contribution in [1.82, 2.24) is 10.3 Å². The van der Waals surface area contributed by atoms with Crippen LogP contribution in [0.5, 0.6) is 0 Å². The quantitative estimate of drug-likeness (QED) is 0.641. The van der Waals surface area contributed by atoms with Crippen molar-refractivity contribution in [2.75, 3.05) is 7.05 Å². The van der Waals surface area contributed by atoms with Gasteiger partial charge < -0.3 is 5.32 Å². The first-order valence-corrected chi connectivity index (χ1v) is 3.38. The Balaban J connectivity index is 3.03. The molecule has 1 N–H and O–H groups in total. The number of carbonyl (C=O) groups is 1. The number of carbonyl (C=O) groups excluding carboxylic acids is 1. The molecule has 0 fully saturated rings. The highest BCUT2D eigenvalue weighted by molar-refractivity contribution is 5.95. The average Bonchev–Trinajstić information content (AvgIpc) is 2.04. The standard InChI is InChI=1S/C8H10N2O/c1-6-5-10-4-3-7(6)8(11)9-2/h3-5H,1-2H3,(H,9,11). The van der Waals surface area contributed by atoms with E-state index in [1.165, 1.54) is 0 Å². The first kappa shape index (κ1) is 7.72. The van der Waals surface area contributed by atoms with Gasteiger partial charge in [-0.05, 0) is 18.6 Å². The summed E-state index contributed by atoms with van der Waals surface area (Å²) in [5.41, 5.74) is 1.58. The fourth-order valence-corrected chi connectivity index (χ4v) is 0.863. The zero-order valence-electron chi connectivity index (χ0n) is 6.59. The molecule has 0 aliphatic heterocycles. The molecule has 58 valence electrons. The van der Waals surface area contributed by atoms with Crippen molar-refractivity contribution in [2.45, 2.75) is 6.92 Å². The van der Waals surface area contributed by atoms with Gasteiger partial charge in [0.25, 0.3) is 5.91 Å². The molecule has 3 nitrogen and oxygen atoms in total. The summed E-state index contributed by atoms with van der Waals surface area (Å²) in [7, 11) is 1.61. The number of nitrogens with one attached hydrogen (secondary N) is 1. The highest BCUT2D eigenvalue weighted by Gasteiger charge is 2.04. The van der Waals surface area contributed by atoms with Gasteiger partial charge in [0.1, 0.15) is 0 Å². The van der Waals surface area contributed by atoms with Crippen LogP contribution in [0.4, 0.5) is 0 Å². The molecular weight excluding hydrogens is 140 g/mol. The molecular formula is C8H10N2O. The monoisotopic (exact) mass is 150 g/mol. The Morgan fingerprint density at radius 2 is 2.36 bits per heavy atom. The minimum absolute atomic E-state index is 0.0649. The summed E-state index contributed by atoms with van der Waals surface area (Å²) in [6.07, 6.45) is 3.28. The minimum Gasteiger partial charge on any atom is -0.355 e. The second-order valence-corrected chi connectivity index (χ2v) is 2.27. The summed E-state index contributed by atoms with van der Waals surface area (Å²) in [5, 5.41) is 2.56. The van der Waals surface area contributed by atoms with Gasteiger partial charge >= 0.3 is 0 Å². The van der Waals surface area contributed by atoms with E-state index < -0.39 is 0 Å². The molecule has 1 amide bonds. The van der Waals surface area contributed by atoms with Gasteiger partial charge in [0.15, 0.2) is 0 Å². The first-order valence-electron chi connectivity index (χ1n) is 3.38. The summed E-state index contributed by atoms with van der Waals surface area (Å²) in [6.45, 7) is 1.86. The topological polar surface area (TPSA) is 42.0 Å². The van der Waals surface area contributed by atoms with Crippen LogP contribution < -0.4 is 5.32 Å². The predicted octanol–water partition coefficient (Wildman–Crippen LogP) is 0.750. The molecule has 0 aliphatic carbocycles. The van der Waals surface area contributed by atoms with Crippen molar-refractivity contribution in [3.63, 3.8) is 0 Å². The third kappa shape index (κ3) is 1.55. The van der Waals surface area contributed by atoms with E-state index in [-0.39, 0.29) is 5.91 Å². The van der Waals surface area contributed by atoms with Gasteiger partial charge in [-0.2, -0.15) is 0 Å². The van der Waals surface area contributed by atoms with E-state index >= 15 is 0 Å². The molecule has 0 radical (unpaired) electrons. The van der Waals surface area contributed by atoms with Gasteiger partial charge in [0.2, 0.25) is 0 Å². The Kier molecular flexibility index (Phi) is 2.21. The number of hydrogen-bond acceptors (Lipinski definition) is 2. The van der Waals surface area contributed by atoms with Crippen LogP contribution in [0, 0.1) is 6.92 Å². The molecule has 3 heteroatoms. The Labute approximate surface area is 65.5 Å². The molecule has 1 rings (SSSR count). The third-order valence-electron chi connectivity index (χ3n) is 1.49. The number of rotatable bonds is 1. The highest BCUT2D eigenvalue weighted by atomic mass is 16.1. The molecule has 0 atom stereocenters. The lowest BCUT2D eigenvalue weighted by Gasteiger charge is -2.01. The number of nitrogens with zero attached hydrogens (tertiary/aromatic N) is 1. The van der Waals surface area contributed by atoms with Gasteiger partial charge in [0.05, 0.1) is 0 Å². The van der Waals surface area contributed by atoms with Crippen LogP contribution in [0.2, 0.25) is 0 Å². The van der Waals surface area contributed by atoms with E-state index in [1.807, 2.05) is 6.92 Å². The largest absolute Gasteiger partial charge is 0.355 e. The zero-order chi connectivity index (χ0) is 8.27. The van der Waals surface area contributed by atoms with Crippen molar-refractivity contribution < 1.29 is 4.79 Å². The van der Waals surface area contributed by atoms with Crippen molar-refractivity contribution in [3.05, 3.63) is 29.6 Å². The van der Waals surface area contributed by atoms with E-state index in [4.69, 9.17) is 0 Å². The zero-order valence-corrected chi connectivity index (χ0v) is 6.59. The van der Waals surface area contributed by atoms with Crippen LogP contribution in [0.25, 0.3) is 0 Å². The Morgan fingerprint density at radius 1 is 1.64 bits per heavy atom. The number of aromatic nitrogens is 1. The van der Waals surface area contributed by atoms with Gasteiger partial charge in [-0.1, -0.05) is 0 Å². The first-order chi connectivity index (χ1) is 5.25. The molecule has 1 aromatic rings. The number of pyridine rings is 1. The Morgan fingerprint density at radius 3 is 2.91 bits per heavy atom. The Bertz CT molecular complexity index is 271. The predicted molar refractivity (Wildman–Crippen MR) is 42.4 cm³/mol. The van der Waals surface area contributed by atoms with Crippen LogP contribution in [0.1, 0.15) is 15.9 Å². The molecule has 0 saturated heterocycles. The van der Waals surface area contributed by atoms with Crippen molar-refractivity contribution >= 4 is 5.91 Å². The maximum atomic E-state index is 11.1. The van der Waals surface area contributed by atoms with Gasteiger partial charge in [-0.15, -0.1) is 0 Å². The molecule has 0 aliphatic rings. The van der Waals surface area contributed by atoms with Crippen LogP contribution in [0.3, 0.4) is 0 Å². The fraction of sp³-hybridized carbons (Fsp3) is 0.250. The van der Waals surface area contributed by atoms with E-state index in [1.54, 1.807) is 25.5 Å². The maximum absolute atomic E-state index is 11.1. The molecule has 1 heterocycles. The van der Waals surface area contributed by atoms with Crippen LogP contribution in [0.15, 0.2) is 18.5 Å². The SMILES string of the molecule is CNC(=O)c1ccncc1C. The van der Waals surface area contributed by atoms with Crippen LogP contribution in [-0.2, 0) is 0 Å². The van der Waals surface area contributed by atoms with Gasteiger partial charge in [0, 0.05) is 25.0 Å². The lowest BCUT2D eigenvalue weighted by Crippen LogP contribution is -2.18. The van der Waals surface area contributed by atoms with Crippen LogP contribution in [-0.4, -0.2) is 17.9 Å². The molecule has 0 spiro atoms. The summed E-state index contributed by atoms with van der Waals surface area (Å²) >= 11 is 0. The molecule has 0 unspecified atom stereocenters. The van der Waals surface area contributed by atoms with Crippen LogP contribution >= 0.6 is 0 Å². The minimum atomic E-state index is -0.0649. The molecule has 0 saturated carbocycles. The van der Waals surface area contributed by atoms with E-state index in [0.717, 1.165) is 5.56 Å². The average molecular weight is 150 g/mol. The van der Waals surface area contributed by atoms with Crippen molar-refractivity contribution in [3.8, 4) is 0 Å². The molecule has 0 bridgehead atoms. The van der Waals surface area contributed by atoms with E-state index in [9.17, 15) is 4.79 Å². The van der Waals surface area contributed by atoms with Gasteiger partial charge in [-0.25, -0.2) is 0 Å². The number of aryl methyl sites for hydroxylation is 1. The lowest BCUT2D eigenvalue weighted by atomic mass is 10.1. The second-order valence-electron chi connectivity index (χ2n) is 2.27. The van der Waals surface area contributed by atoms with E-state index in [2.05, 4.69) is 10.3 Å². The Hall–Kier alpha value is -1.38. The van der Waals surface area contributed by atoms with Crippen molar-refractivity contribution in [1.29, 1.82) is 0 Å². The third-order valence-corrected chi connectivity index (χ3v) is 1.49. The summed E-state index contributed by atoms with van der Waals surface area (Å²) in [5.74, 6) is -0.0649. The highest BCUT2D eigenvalue weighted by Crippen LogP contribution is 2.03. The molecule has 0 aromatic carbocycles. The number of amides is 1. The van der Waals surface area contributed by atoms with E-state index in [0.29, 0.717) is 5.56 Å². The normalized spacial score (nSPS) is 9.27. The summed E-state index contributed by atoms with van der Waals surface area (Å²) < 4.78 is 0. The smallest absolute Gasteiger partial charge is 0.251 e. The van der Waals surface area contributed by atoms with Gasteiger partial charge in [-0.3, -0.25) is 9.78 Å². The molecule has 11 heavy (non-hydrogen) atoms. The maximum Gasteiger partial charge on any atom is 0.251 e. The van der Waals surface area contributed by atoms with Crippen molar-refractivity contribution in [2.24, 2.45) is 0 Å². The summed E-state index contributed by atoms with van der Waals surface area (Å²) in [6, 6.07) is 1.70.